The van der Waals surface area contributed by atoms with Gasteiger partial charge in [-0.1, -0.05) is 0 Å². The summed E-state index contributed by atoms with van der Waals surface area (Å²) in [6, 6.07) is 7.01. The number of hydrogen-bond acceptors (Lipinski definition) is 5. The van der Waals surface area contributed by atoms with Crippen LogP contribution < -0.4 is 4.73 Å². The van der Waals surface area contributed by atoms with Crippen LogP contribution in [0.15, 0.2) is 30.5 Å². The number of carbonyl (C=O) groups excluding carboxylic acids is 2. The van der Waals surface area contributed by atoms with E-state index in [2.05, 4.69) is 0 Å². The molecule has 1 aliphatic rings. The van der Waals surface area contributed by atoms with Crippen molar-refractivity contribution in [2.75, 3.05) is 0 Å². The Morgan fingerprint density at radius 2 is 2.07 bits per heavy atom. The van der Waals surface area contributed by atoms with Gasteiger partial charge < -0.3 is 9.94 Å². The summed E-state index contributed by atoms with van der Waals surface area (Å²) in [5.74, 6) is -0.325. The Morgan fingerprint density at radius 1 is 1.32 bits per heavy atom. The minimum absolute atomic E-state index is 0.267. The van der Waals surface area contributed by atoms with Crippen LogP contribution in [0.1, 0.15) is 49.4 Å². The number of amides is 2. The molecule has 0 radical (unpaired) electrons. The van der Waals surface area contributed by atoms with Gasteiger partial charge in [0.15, 0.2) is 6.20 Å². The largest absolute Gasteiger partial charge is 0.618 e. The van der Waals surface area contributed by atoms with Gasteiger partial charge in [-0.3, -0.25) is 4.79 Å². The molecule has 0 unspecified atom stereocenters. The highest BCUT2D eigenvalue weighted by molar-refractivity contribution is 7.21. The molecule has 0 spiro atoms. The Bertz CT molecular complexity index is 1110. The van der Waals surface area contributed by atoms with E-state index in [4.69, 9.17) is 4.74 Å². The lowest BCUT2D eigenvalue weighted by atomic mass is 10.0. The van der Waals surface area contributed by atoms with Gasteiger partial charge in [0, 0.05) is 28.3 Å². The topological polar surface area (TPSA) is 73.5 Å². The fourth-order valence-electron chi connectivity index (χ4n) is 3.71. The highest BCUT2D eigenvalue weighted by atomic mass is 32.1. The van der Waals surface area contributed by atoms with E-state index in [0.29, 0.717) is 23.2 Å². The lowest BCUT2D eigenvalue weighted by molar-refractivity contribution is -0.576. The number of fused-ring (bicyclic) bond motifs is 5. The fourth-order valence-corrected chi connectivity index (χ4v) is 4.91. The number of benzene rings is 1. The van der Waals surface area contributed by atoms with E-state index >= 15 is 0 Å². The molecule has 2 aromatic heterocycles. The number of nitrogens with zero attached hydrogens (tertiary/aromatic N) is 2. The summed E-state index contributed by atoms with van der Waals surface area (Å²) in [5.41, 5.74) is 0.814. The summed E-state index contributed by atoms with van der Waals surface area (Å²) >= 11 is 1.37. The number of pyridine rings is 1. The Labute approximate surface area is 166 Å². The molecule has 1 aliphatic heterocycles. The van der Waals surface area contributed by atoms with Gasteiger partial charge in [0.05, 0.1) is 10.3 Å². The van der Waals surface area contributed by atoms with Crippen molar-refractivity contribution in [3.8, 4) is 0 Å². The molecule has 6 nitrogen and oxygen atoms in total. The van der Waals surface area contributed by atoms with Gasteiger partial charge in [-0.2, -0.15) is 4.73 Å². The van der Waals surface area contributed by atoms with Crippen molar-refractivity contribution in [2.24, 2.45) is 0 Å². The molecule has 0 N–H and O–H groups in total. The maximum absolute atomic E-state index is 13.3. The number of ether oxygens (including phenoxy) is 1. The molecule has 0 fully saturated rings. The molecule has 146 valence electrons. The van der Waals surface area contributed by atoms with E-state index in [1.807, 2.05) is 19.1 Å². The molecule has 1 aromatic carbocycles. The van der Waals surface area contributed by atoms with Gasteiger partial charge >= 0.3 is 6.09 Å². The SMILES string of the molecule is C[C@H]1CCc2c(sc3ccc4c(ccc[n+]4[O-])c23)C(=O)N1C(=O)OC(C)(C)C. The zero-order valence-electron chi connectivity index (χ0n) is 16.3. The van der Waals surface area contributed by atoms with Gasteiger partial charge in [-0.05, 0) is 58.2 Å². The van der Waals surface area contributed by atoms with Crippen molar-refractivity contribution in [2.45, 2.75) is 52.2 Å². The predicted molar refractivity (Wildman–Crippen MR) is 108 cm³/mol. The summed E-state index contributed by atoms with van der Waals surface area (Å²) in [7, 11) is 0. The summed E-state index contributed by atoms with van der Waals surface area (Å²) in [4.78, 5) is 27.8. The highest BCUT2D eigenvalue weighted by Gasteiger charge is 2.37. The molecule has 0 aliphatic carbocycles. The fraction of sp³-hybridized carbons (Fsp3) is 0.381. The van der Waals surface area contributed by atoms with Crippen LogP contribution in [0.4, 0.5) is 4.79 Å². The molecule has 0 bridgehead atoms. The molecule has 28 heavy (non-hydrogen) atoms. The third-order valence-electron chi connectivity index (χ3n) is 4.95. The van der Waals surface area contributed by atoms with Crippen LogP contribution in [0, 0.1) is 5.21 Å². The van der Waals surface area contributed by atoms with Gasteiger partial charge in [0.2, 0.25) is 5.52 Å². The van der Waals surface area contributed by atoms with Gasteiger partial charge in [0.25, 0.3) is 5.91 Å². The van der Waals surface area contributed by atoms with Crippen LogP contribution >= 0.6 is 11.3 Å². The second-order valence-corrected chi connectivity index (χ2v) is 9.21. The van der Waals surface area contributed by atoms with E-state index in [9.17, 15) is 14.8 Å². The number of thiophene rings is 1. The maximum atomic E-state index is 13.3. The average Bonchev–Trinajstić information content (AvgIpc) is 2.92. The van der Waals surface area contributed by atoms with Gasteiger partial charge in [-0.25, -0.2) is 9.69 Å². The molecule has 3 aromatic rings. The van der Waals surface area contributed by atoms with Crippen LogP contribution in [0.2, 0.25) is 0 Å². The molecule has 0 saturated carbocycles. The number of aryl methyl sites for hydroxylation is 1. The first kappa shape index (κ1) is 18.7. The van der Waals surface area contributed by atoms with Gasteiger partial charge in [0.1, 0.15) is 5.60 Å². The lowest BCUT2D eigenvalue weighted by Gasteiger charge is -2.28. The molecular formula is C21H22N2O4S. The normalized spacial score (nSPS) is 17.6. The van der Waals surface area contributed by atoms with E-state index in [1.54, 1.807) is 32.9 Å². The van der Waals surface area contributed by atoms with E-state index < -0.39 is 11.7 Å². The molecule has 7 heteroatoms. The zero-order chi connectivity index (χ0) is 20.2. The highest BCUT2D eigenvalue weighted by Crippen LogP contribution is 2.39. The van der Waals surface area contributed by atoms with Crippen molar-refractivity contribution in [3.05, 3.63) is 46.1 Å². The number of carbonyl (C=O) groups is 2. The Kier molecular flexibility index (Phi) is 4.30. The van der Waals surface area contributed by atoms with Crippen molar-refractivity contribution in [3.63, 3.8) is 0 Å². The molecule has 0 saturated heterocycles. The minimum Gasteiger partial charge on any atom is -0.618 e. The zero-order valence-corrected chi connectivity index (χ0v) is 17.1. The quantitative estimate of drug-likeness (QED) is 0.416. The Balaban J connectivity index is 1.88. The number of imide groups is 1. The molecule has 3 heterocycles. The van der Waals surface area contributed by atoms with Crippen molar-refractivity contribution >= 4 is 44.3 Å². The summed E-state index contributed by atoms with van der Waals surface area (Å²) in [6.07, 6.45) is 2.16. The van der Waals surface area contributed by atoms with Crippen LogP contribution in [0.5, 0.6) is 0 Å². The third kappa shape index (κ3) is 2.99. The minimum atomic E-state index is -0.676. The van der Waals surface area contributed by atoms with Crippen molar-refractivity contribution < 1.29 is 19.1 Å². The Hall–Kier alpha value is -2.67. The molecule has 1 atom stereocenters. The number of rotatable bonds is 0. The van der Waals surface area contributed by atoms with Crippen molar-refractivity contribution in [1.82, 2.24) is 4.90 Å². The third-order valence-corrected chi connectivity index (χ3v) is 6.14. The first-order valence-electron chi connectivity index (χ1n) is 9.30. The summed E-state index contributed by atoms with van der Waals surface area (Å²) in [6.45, 7) is 7.22. The first-order valence-corrected chi connectivity index (χ1v) is 10.1. The molecule has 4 rings (SSSR count). The summed E-state index contributed by atoms with van der Waals surface area (Å²) < 4.78 is 7.26. The predicted octanol–water partition coefficient (Wildman–Crippen LogP) is 4.40. The first-order chi connectivity index (χ1) is 13.2. The average molecular weight is 398 g/mol. The Morgan fingerprint density at radius 3 is 2.79 bits per heavy atom. The van der Waals surface area contributed by atoms with E-state index in [1.165, 1.54) is 22.4 Å². The van der Waals surface area contributed by atoms with Crippen LogP contribution in [0.25, 0.3) is 21.0 Å². The molecular weight excluding hydrogens is 376 g/mol. The second kappa shape index (κ2) is 6.44. The monoisotopic (exact) mass is 398 g/mol. The lowest BCUT2D eigenvalue weighted by Crippen LogP contribution is -2.45. The second-order valence-electron chi connectivity index (χ2n) is 8.16. The van der Waals surface area contributed by atoms with Crippen LogP contribution in [0.3, 0.4) is 0 Å². The maximum Gasteiger partial charge on any atom is 0.417 e. The van der Waals surface area contributed by atoms with E-state index in [0.717, 1.165) is 25.8 Å². The summed E-state index contributed by atoms with van der Waals surface area (Å²) in [5, 5.41) is 13.9. The van der Waals surface area contributed by atoms with Gasteiger partial charge in [-0.15, -0.1) is 11.3 Å². The van der Waals surface area contributed by atoms with E-state index in [-0.39, 0.29) is 11.9 Å². The smallest absolute Gasteiger partial charge is 0.417 e. The molecule has 2 amide bonds. The number of aromatic nitrogens is 1. The van der Waals surface area contributed by atoms with Crippen LogP contribution in [-0.4, -0.2) is 28.5 Å². The number of hydrogen-bond donors (Lipinski definition) is 0. The van der Waals surface area contributed by atoms with Crippen molar-refractivity contribution in [1.29, 1.82) is 0 Å². The van der Waals surface area contributed by atoms with Crippen LogP contribution in [-0.2, 0) is 11.2 Å². The standard InChI is InChI=1S/C21H22N2O4S/c1-12-7-8-14-17-13-6-5-11-22(26)15(13)9-10-16(17)28-18(14)19(24)23(12)20(25)27-21(2,3)4/h5-6,9-12H,7-8H2,1-4H3/t12-/m0/s1.